The third-order valence-electron chi connectivity index (χ3n) is 8.76. The number of amides is 1. The summed E-state index contributed by atoms with van der Waals surface area (Å²) in [6.45, 7) is 4.40. The predicted octanol–water partition coefficient (Wildman–Crippen LogP) is 3.85. The second kappa shape index (κ2) is 14.7. The van der Waals surface area contributed by atoms with Gasteiger partial charge in [0.15, 0.2) is 16.1 Å². The maximum atomic E-state index is 14.8. The predicted molar refractivity (Wildman–Crippen MR) is 166 cm³/mol. The number of nitriles is 1. The van der Waals surface area contributed by atoms with Gasteiger partial charge in [0, 0.05) is 37.5 Å². The molecule has 11 nitrogen and oxygen atoms in total. The molecule has 2 fully saturated rings. The Balaban J connectivity index is 1.68. The number of sulfone groups is 1. The van der Waals surface area contributed by atoms with Crippen LogP contribution in [-0.4, -0.2) is 75.3 Å². The standard InChI is InChI=1S/C32H44N4O7S/c1-32(2,14-7-8-15-33)30(35-19-27(37)26(36-31(38)39)17-21-9-5-4-6-10-21)44(40,41)28-18-22(34-3)11-12-23(28)25-20-43-29-24(25)13-16-42-29/h4-6,9-12,18,24-27,29-30,34-37H,7-8,13-14,16-17,19-20H2,1-3H3,(H,38,39)/t24-,25-,26-,27+,29+,30?/m0/s1. The van der Waals surface area contributed by atoms with Gasteiger partial charge in [-0.2, -0.15) is 5.26 Å². The minimum atomic E-state index is -4.11. The lowest BCUT2D eigenvalue weighted by atomic mass is 9.86. The molecule has 0 bridgehead atoms. The Morgan fingerprint density at radius 1 is 1.18 bits per heavy atom. The van der Waals surface area contributed by atoms with Crippen molar-refractivity contribution in [1.29, 1.82) is 5.26 Å². The molecule has 0 spiro atoms. The lowest BCUT2D eigenvalue weighted by Crippen LogP contribution is -2.54. The Morgan fingerprint density at radius 3 is 2.61 bits per heavy atom. The zero-order valence-corrected chi connectivity index (χ0v) is 26.3. The van der Waals surface area contributed by atoms with Crippen molar-refractivity contribution in [3.05, 3.63) is 59.7 Å². The second-order valence-electron chi connectivity index (χ2n) is 12.3. The van der Waals surface area contributed by atoms with Gasteiger partial charge in [-0.15, -0.1) is 0 Å². The molecule has 2 aliphatic heterocycles. The fourth-order valence-corrected chi connectivity index (χ4v) is 8.76. The van der Waals surface area contributed by atoms with E-state index < -0.39 is 38.9 Å². The van der Waals surface area contributed by atoms with Crippen LogP contribution in [0.15, 0.2) is 53.4 Å². The van der Waals surface area contributed by atoms with E-state index in [0.29, 0.717) is 37.3 Å². The molecule has 4 rings (SSSR count). The van der Waals surface area contributed by atoms with Crippen LogP contribution < -0.4 is 16.0 Å². The topological polar surface area (TPSA) is 170 Å². The quantitative estimate of drug-likeness (QED) is 0.183. The molecule has 1 unspecified atom stereocenters. The first kappa shape index (κ1) is 33.7. The van der Waals surface area contributed by atoms with Crippen molar-refractivity contribution in [2.24, 2.45) is 11.3 Å². The number of nitrogens with zero attached hydrogens (tertiary/aromatic N) is 1. The van der Waals surface area contributed by atoms with Crippen LogP contribution in [0.4, 0.5) is 10.5 Å². The van der Waals surface area contributed by atoms with E-state index in [2.05, 4.69) is 22.0 Å². The molecule has 0 aliphatic carbocycles. The van der Waals surface area contributed by atoms with Crippen molar-refractivity contribution in [3.63, 3.8) is 0 Å². The monoisotopic (exact) mass is 628 g/mol. The number of unbranched alkanes of at least 4 members (excludes halogenated alkanes) is 1. The van der Waals surface area contributed by atoms with Crippen molar-refractivity contribution >= 4 is 21.6 Å². The van der Waals surface area contributed by atoms with Gasteiger partial charge < -0.3 is 30.3 Å². The molecule has 6 atom stereocenters. The van der Waals surface area contributed by atoms with E-state index in [1.165, 1.54) is 0 Å². The number of carbonyl (C=O) groups is 1. The summed E-state index contributed by atoms with van der Waals surface area (Å²) in [5.74, 6) is -0.122. The average molecular weight is 629 g/mol. The lowest BCUT2D eigenvalue weighted by molar-refractivity contribution is -0.0905. The summed E-state index contributed by atoms with van der Waals surface area (Å²) in [5, 5.41) is 37.3. The largest absolute Gasteiger partial charge is 0.465 e. The van der Waals surface area contributed by atoms with Crippen molar-refractivity contribution in [2.75, 3.05) is 32.1 Å². The fraction of sp³-hybridized carbons (Fsp3) is 0.562. The van der Waals surface area contributed by atoms with Crippen molar-refractivity contribution in [1.82, 2.24) is 10.6 Å². The van der Waals surface area contributed by atoms with Gasteiger partial charge in [0.2, 0.25) is 0 Å². The summed E-state index contributed by atoms with van der Waals surface area (Å²) >= 11 is 0. The van der Waals surface area contributed by atoms with E-state index in [1.54, 1.807) is 13.1 Å². The molecular weight excluding hydrogens is 584 g/mol. The zero-order chi connectivity index (χ0) is 31.9. The number of rotatable bonds is 15. The highest BCUT2D eigenvalue weighted by molar-refractivity contribution is 7.92. The number of aliphatic hydroxyl groups is 1. The van der Waals surface area contributed by atoms with Gasteiger partial charge in [-0.3, -0.25) is 5.32 Å². The normalized spacial score (nSPS) is 22.0. The van der Waals surface area contributed by atoms with Crippen LogP contribution in [0.5, 0.6) is 0 Å². The van der Waals surface area contributed by atoms with Gasteiger partial charge in [0.25, 0.3) is 0 Å². The lowest BCUT2D eigenvalue weighted by Gasteiger charge is -2.37. The molecule has 0 saturated carbocycles. The van der Waals surface area contributed by atoms with Gasteiger partial charge in [0.1, 0.15) is 5.37 Å². The Hall–Kier alpha value is -3.21. The minimum Gasteiger partial charge on any atom is -0.465 e. The zero-order valence-electron chi connectivity index (χ0n) is 25.5. The highest BCUT2D eigenvalue weighted by Crippen LogP contribution is 2.45. The van der Waals surface area contributed by atoms with E-state index in [4.69, 9.17) is 14.7 Å². The molecule has 44 heavy (non-hydrogen) atoms. The van der Waals surface area contributed by atoms with Crippen molar-refractivity contribution in [2.45, 2.75) is 80.6 Å². The van der Waals surface area contributed by atoms with Crippen LogP contribution in [0.25, 0.3) is 0 Å². The molecule has 2 aliphatic rings. The highest BCUT2D eigenvalue weighted by Gasteiger charge is 2.46. The first-order valence-corrected chi connectivity index (χ1v) is 16.6. The van der Waals surface area contributed by atoms with E-state index >= 15 is 0 Å². The van der Waals surface area contributed by atoms with Gasteiger partial charge >= 0.3 is 6.09 Å². The second-order valence-corrected chi connectivity index (χ2v) is 14.3. The summed E-state index contributed by atoms with van der Waals surface area (Å²) in [4.78, 5) is 11.8. The Labute approximate surface area is 259 Å². The van der Waals surface area contributed by atoms with Gasteiger partial charge in [-0.25, -0.2) is 13.2 Å². The summed E-state index contributed by atoms with van der Waals surface area (Å²) in [5.41, 5.74) is 1.27. The molecule has 12 heteroatoms. The molecule has 2 aromatic carbocycles. The number of hydrogen-bond acceptors (Lipinski definition) is 9. The van der Waals surface area contributed by atoms with Crippen LogP contribution in [0.1, 0.15) is 56.6 Å². The minimum absolute atomic E-state index is 0.0436. The molecule has 240 valence electrons. The first-order chi connectivity index (χ1) is 21.0. The summed E-state index contributed by atoms with van der Waals surface area (Å²) in [7, 11) is -2.38. The molecule has 0 aromatic heterocycles. The summed E-state index contributed by atoms with van der Waals surface area (Å²) < 4.78 is 41.2. The fourth-order valence-electron chi connectivity index (χ4n) is 6.39. The van der Waals surface area contributed by atoms with Crippen LogP contribution >= 0.6 is 0 Å². The number of anilines is 1. The van der Waals surface area contributed by atoms with Crippen LogP contribution in [-0.2, 0) is 25.7 Å². The van der Waals surface area contributed by atoms with E-state index in [0.717, 1.165) is 12.0 Å². The first-order valence-electron chi connectivity index (χ1n) is 15.1. The summed E-state index contributed by atoms with van der Waals surface area (Å²) in [6, 6.07) is 15.8. The third kappa shape index (κ3) is 7.89. The maximum Gasteiger partial charge on any atom is 0.404 e. The van der Waals surface area contributed by atoms with Gasteiger partial charge in [-0.1, -0.05) is 50.2 Å². The molecule has 5 N–H and O–H groups in total. The molecule has 2 saturated heterocycles. The molecule has 1 amide bonds. The van der Waals surface area contributed by atoms with Crippen molar-refractivity contribution in [3.8, 4) is 6.07 Å². The van der Waals surface area contributed by atoms with Gasteiger partial charge in [-0.05, 0) is 54.4 Å². The average Bonchev–Trinajstić information content (AvgIpc) is 3.61. The maximum absolute atomic E-state index is 14.8. The van der Waals surface area contributed by atoms with Crippen LogP contribution in [0.2, 0.25) is 0 Å². The number of ether oxygens (including phenoxy) is 2. The smallest absolute Gasteiger partial charge is 0.404 e. The number of fused-ring (bicyclic) bond motifs is 1. The highest BCUT2D eigenvalue weighted by atomic mass is 32.2. The number of hydrogen-bond donors (Lipinski definition) is 5. The number of nitrogens with one attached hydrogen (secondary N) is 3. The van der Waals surface area contributed by atoms with Crippen LogP contribution in [0, 0.1) is 22.7 Å². The molecular formula is C32H44N4O7S. The Morgan fingerprint density at radius 2 is 1.93 bits per heavy atom. The number of aliphatic hydroxyl groups excluding tert-OH is 1. The van der Waals surface area contributed by atoms with E-state index in [1.807, 2.05) is 56.3 Å². The van der Waals surface area contributed by atoms with Crippen LogP contribution in [0.3, 0.4) is 0 Å². The SMILES string of the molecule is CNc1ccc([C@@H]2CO[C@H]3OCC[C@H]32)c(S(=O)(=O)C(NC[C@@H](O)[C@H](Cc2ccccc2)NC(=O)O)C(C)(C)CCCC#N)c1. The number of benzene rings is 2. The Kier molecular flexibility index (Phi) is 11.3. The molecule has 2 aromatic rings. The Bertz CT molecular complexity index is 1410. The van der Waals surface area contributed by atoms with E-state index in [-0.39, 0.29) is 42.4 Å². The molecule has 0 radical (unpaired) electrons. The summed E-state index contributed by atoms with van der Waals surface area (Å²) in [6.07, 6.45) is -0.666. The van der Waals surface area contributed by atoms with E-state index in [9.17, 15) is 23.4 Å². The third-order valence-corrected chi connectivity index (χ3v) is 11.2. The number of carboxylic acid groups (broad SMARTS) is 1. The molecule has 2 heterocycles. The van der Waals surface area contributed by atoms with Gasteiger partial charge in [0.05, 0.1) is 36.3 Å². The van der Waals surface area contributed by atoms with Crippen molar-refractivity contribution < 1.29 is 32.9 Å².